The van der Waals surface area contributed by atoms with Crippen LogP contribution in [0, 0.1) is 5.82 Å². The van der Waals surface area contributed by atoms with E-state index < -0.39 is 11.8 Å². The van der Waals surface area contributed by atoms with Crippen molar-refractivity contribution in [3.63, 3.8) is 0 Å². The van der Waals surface area contributed by atoms with E-state index in [1.165, 1.54) is 6.07 Å². The summed E-state index contributed by atoms with van der Waals surface area (Å²) in [4.78, 5) is 13.3. The molecular formula is C14H19FN2O3. The Labute approximate surface area is 117 Å². The molecule has 2 rings (SSSR count). The maximum atomic E-state index is 13.6. The third-order valence-electron chi connectivity index (χ3n) is 3.27. The van der Waals surface area contributed by atoms with E-state index in [0.717, 1.165) is 25.7 Å². The molecule has 0 spiro atoms. The minimum atomic E-state index is -1.26. The molecule has 0 aliphatic carbocycles. The molecular weight excluding hydrogens is 263 g/mol. The van der Waals surface area contributed by atoms with Crippen molar-refractivity contribution in [2.45, 2.75) is 13.0 Å². The summed E-state index contributed by atoms with van der Waals surface area (Å²) in [6.45, 7) is 5.87. The number of hydrogen-bond donors (Lipinski definition) is 2. The van der Waals surface area contributed by atoms with Crippen LogP contribution in [-0.2, 0) is 4.74 Å². The molecule has 20 heavy (non-hydrogen) atoms. The summed E-state index contributed by atoms with van der Waals surface area (Å²) in [6, 6.07) is 4.27. The Morgan fingerprint density at radius 1 is 1.50 bits per heavy atom. The van der Waals surface area contributed by atoms with Gasteiger partial charge < -0.3 is 15.2 Å². The van der Waals surface area contributed by atoms with Gasteiger partial charge in [-0.2, -0.15) is 0 Å². The molecule has 1 fully saturated rings. The molecule has 1 atom stereocenters. The van der Waals surface area contributed by atoms with Crippen molar-refractivity contribution in [2.24, 2.45) is 0 Å². The molecule has 110 valence electrons. The number of anilines is 1. The lowest BCUT2D eigenvalue weighted by atomic mass is 10.1. The number of rotatable bonds is 5. The Kier molecular flexibility index (Phi) is 4.92. The first-order valence-corrected chi connectivity index (χ1v) is 6.66. The number of carboxylic acids is 1. The van der Waals surface area contributed by atoms with E-state index >= 15 is 0 Å². The zero-order valence-electron chi connectivity index (χ0n) is 11.4. The van der Waals surface area contributed by atoms with Crippen molar-refractivity contribution >= 4 is 11.7 Å². The lowest BCUT2D eigenvalue weighted by Crippen LogP contribution is -2.42. The fraction of sp³-hybridized carbons (Fsp3) is 0.500. The lowest BCUT2D eigenvalue weighted by Gasteiger charge is -2.30. The van der Waals surface area contributed by atoms with Gasteiger partial charge in [0.25, 0.3) is 0 Å². The number of carbonyl (C=O) groups is 1. The summed E-state index contributed by atoms with van der Waals surface area (Å²) in [5.74, 6) is -1.98. The molecule has 2 N–H and O–H groups in total. The van der Waals surface area contributed by atoms with Gasteiger partial charge in [0.2, 0.25) is 0 Å². The largest absolute Gasteiger partial charge is 0.478 e. The summed E-state index contributed by atoms with van der Waals surface area (Å²) in [6.07, 6.45) is 0. The highest BCUT2D eigenvalue weighted by atomic mass is 19.1. The van der Waals surface area contributed by atoms with Crippen LogP contribution in [0.4, 0.5) is 10.1 Å². The SMILES string of the molecule is CC(CN1CCOCC1)Nc1cccc(F)c1C(=O)O. The van der Waals surface area contributed by atoms with Crippen LogP contribution < -0.4 is 5.32 Å². The number of nitrogens with zero attached hydrogens (tertiary/aromatic N) is 1. The molecule has 0 amide bonds. The zero-order valence-corrected chi connectivity index (χ0v) is 11.4. The first kappa shape index (κ1) is 14.7. The molecule has 5 nitrogen and oxygen atoms in total. The minimum Gasteiger partial charge on any atom is -0.478 e. The van der Waals surface area contributed by atoms with Crippen molar-refractivity contribution in [1.29, 1.82) is 0 Å². The van der Waals surface area contributed by atoms with Gasteiger partial charge in [-0.3, -0.25) is 4.90 Å². The molecule has 6 heteroatoms. The normalized spacial score (nSPS) is 17.7. The predicted molar refractivity (Wildman–Crippen MR) is 73.7 cm³/mol. The smallest absolute Gasteiger partial charge is 0.340 e. The third kappa shape index (κ3) is 3.68. The average Bonchev–Trinajstić information content (AvgIpc) is 2.39. The molecule has 0 radical (unpaired) electrons. The van der Waals surface area contributed by atoms with Crippen molar-refractivity contribution in [3.05, 3.63) is 29.6 Å². The molecule has 1 saturated heterocycles. The van der Waals surface area contributed by atoms with Gasteiger partial charge in [-0.1, -0.05) is 6.07 Å². The average molecular weight is 282 g/mol. The van der Waals surface area contributed by atoms with Crippen molar-refractivity contribution in [3.8, 4) is 0 Å². The van der Waals surface area contributed by atoms with Crippen LogP contribution in [0.2, 0.25) is 0 Å². The Hall–Kier alpha value is -1.66. The van der Waals surface area contributed by atoms with Crippen molar-refractivity contribution in [1.82, 2.24) is 4.90 Å². The van der Waals surface area contributed by atoms with E-state index in [-0.39, 0.29) is 11.6 Å². The second kappa shape index (κ2) is 6.67. The van der Waals surface area contributed by atoms with E-state index in [2.05, 4.69) is 10.2 Å². The monoisotopic (exact) mass is 282 g/mol. The molecule has 1 heterocycles. The second-order valence-corrected chi connectivity index (χ2v) is 4.93. The fourth-order valence-corrected chi connectivity index (χ4v) is 2.34. The van der Waals surface area contributed by atoms with E-state index in [1.807, 2.05) is 6.92 Å². The van der Waals surface area contributed by atoms with E-state index in [4.69, 9.17) is 9.84 Å². The first-order valence-electron chi connectivity index (χ1n) is 6.66. The predicted octanol–water partition coefficient (Wildman–Crippen LogP) is 1.66. The number of halogens is 1. The van der Waals surface area contributed by atoms with Crippen LogP contribution in [-0.4, -0.2) is 54.9 Å². The van der Waals surface area contributed by atoms with Crippen LogP contribution in [0.1, 0.15) is 17.3 Å². The molecule has 1 unspecified atom stereocenters. The Balaban J connectivity index is 2.01. The Morgan fingerprint density at radius 3 is 2.85 bits per heavy atom. The fourth-order valence-electron chi connectivity index (χ4n) is 2.34. The first-order chi connectivity index (χ1) is 9.58. The molecule has 1 aliphatic heterocycles. The van der Waals surface area contributed by atoms with Crippen LogP contribution >= 0.6 is 0 Å². The van der Waals surface area contributed by atoms with E-state index in [0.29, 0.717) is 18.9 Å². The number of nitrogens with one attached hydrogen (secondary N) is 1. The van der Waals surface area contributed by atoms with Gasteiger partial charge >= 0.3 is 5.97 Å². The second-order valence-electron chi connectivity index (χ2n) is 4.93. The summed E-state index contributed by atoms with van der Waals surface area (Å²) in [5, 5.41) is 12.2. The third-order valence-corrected chi connectivity index (χ3v) is 3.27. The number of morpholine rings is 1. The van der Waals surface area contributed by atoms with Gasteiger partial charge in [-0.25, -0.2) is 9.18 Å². The van der Waals surface area contributed by atoms with Crippen LogP contribution in [0.5, 0.6) is 0 Å². The highest BCUT2D eigenvalue weighted by Crippen LogP contribution is 2.20. The van der Waals surface area contributed by atoms with Gasteiger partial charge in [0.05, 0.1) is 18.9 Å². The van der Waals surface area contributed by atoms with Gasteiger partial charge in [-0.05, 0) is 19.1 Å². The summed E-state index contributed by atoms with van der Waals surface area (Å²) in [7, 11) is 0. The van der Waals surface area contributed by atoms with Crippen LogP contribution in [0.3, 0.4) is 0 Å². The summed E-state index contributed by atoms with van der Waals surface area (Å²) in [5.41, 5.74) is 0.0135. The quantitative estimate of drug-likeness (QED) is 0.860. The molecule has 0 aromatic heterocycles. The number of hydrogen-bond acceptors (Lipinski definition) is 4. The van der Waals surface area contributed by atoms with Gasteiger partial charge in [-0.15, -0.1) is 0 Å². The number of aromatic carboxylic acids is 1. The molecule has 1 aliphatic rings. The maximum Gasteiger partial charge on any atom is 0.340 e. The van der Waals surface area contributed by atoms with E-state index in [1.54, 1.807) is 6.07 Å². The highest BCUT2D eigenvalue weighted by Gasteiger charge is 2.18. The maximum absolute atomic E-state index is 13.6. The van der Waals surface area contributed by atoms with Crippen molar-refractivity contribution < 1.29 is 19.0 Å². The van der Waals surface area contributed by atoms with Crippen LogP contribution in [0.25, 0.3) is 0 Å². The van der Waals surface area contributed by atoms with E-state index in [9.17, 15) is 9.18 Å². The Bertz CT molecular complexity index is 475. The summed E-state index contributed by atoms with van der Waals surface area (Å²) < 4.78 is 18.8. The Morgan fingerprint density at radius 2 is 2.20 bits per heavy atom. The van der Waals surface area contributed by atoms with Gasteiger partial charge in [0, 0.05) is 25.7 Å². The number of benzene rings is 1. The zero-order chi connectivity index (χ0) is 14.5. The molecule has 1 aromatic rings. The minimum absolute atomic E-state index is 0.0213. The topological polar surface area (TPSA) is 61.8 Å². The lowest BCUT2D eigenvalue weighted by molar-refractivity contribution is 0.0368. The molecule has 0 saturated carbocycles. The highest BCUT2D eigenvalue weighted by molar-refractivity contribution is 5.94. The van der Waals surface area contributed by atoms with Gasteiger partial charge in [0.15, 0.2) is 0 Å². The summed E-state index contributed by atoms with van der Waals surface area (Å²) >= 11 is 0. The standard InChI is InChI=1S/C14H19FN2O3/c1-10(9-17-5-7-20-8-6-17)16-12-4-2-3-11(15)13(12)14(18)19/h2-4,10,16H,5-9H2,1H3,(H,18,19). The number of carboxylic acid groups (broad SMARTS) is 1. The number of ether oxygens (including phenoxy) is 1. The van der Waals surface area contributed by atoms with Crippen LogP contribution in [0.15, 0.2) is 18.2 Å². The molecule has 0 bridgehead atoms. The van der Waals surface area contributed by atoms with Gasteiger partial charge in [0.1, 0.15) is 11.4 Å². The molecule has 1 aromatic carbocycles. The van der Waals surface area contributed by atoms with Crippen molar-refractivity contribution in [2.75, 3.05) is 38.2 Å².